The zero-order chi connectivity index (χ0) is 19.2. The Morgan fingerprint density at radius 2 is 2.22 bits per heavy atom. The maximum Gasteiger partial charge on any atom is 0.255 e. The predicted octanol–water partition coefficient (Wildman–Crippen LogP) is 2.43. The van der Waals surface area contributed by atoms with Gasteiger partial charge in [-0.1, -0.05) is 0 Å². The fourth-order valence-corrected chi connectivity index (χ4v) is 3.61. The number of ether oxygens (including phenoxy) is 1. The summed E-state index contributed by atoms with van der Waals surface area (Å²) in [6.07, 6.45) is 7.62. The molecule has 1 unspecified atom stereocenters. The monoisotopic (exact) mass is 371 g/mol. The third-order valence-electron chi connectivity index (χ3n) is 5.12. The Hall–Kier alpha value is -2.41. The van der Waals surface area contributed by atoms with Crippen LogP contribution in [0, 0.1) is 5.92 Å². The van der Waals surface area contributed by atoms with E-state index in [2.05, 4.69) is 21.5 Å². The average Bonchev–Trinajstić information content (AvgIpc) is 3.15. The second kappa shape index (κ2) is 8.99. The first-order valence-electron chi connectivity index (χ1n) is 9.57. The highest BCUT2D eigenvalue weighted by Gasteiger charge is 2.24. The summed E-state index contributed by atoms with van der Waals surface area (Å²) < 4.78 is 7.37. The standard InChI is InChI=1S/C20H29N5O2/c1-4-24-11-9-21-19(24)14-23(2)18-8-7-17(12-22-18)20(26)25-10-5-6-16(13-25)15-27-3/h7-9,11-12,16H,4-6,10,13-15H2,1-3H3. The number of carbonyl (C=O) groups excluding carboxylic acids is 1. The minimum atomic E-state index is 0.0547. The van der Waals surface area contributed by atoms with Crippen molar-refractivity contribution in [3.63, 3.8) is 0 Å². The van der Waals surface area contributed by atoms with E-state index in [4.69, 9.17) is 4.74 Å². The molecule has 0 bridgehead atoms. The first kappa shape index (κ1) is 19.4. The molecule has 1 aliphatic rings. The molecule has 1 amide bonds. The van der Waals surface area contributed by atoms with Crippen molar-refractivity contribution < 1.29 is 9.53 Å². The molecule has 3 heterocycles. The SMILES string of the molecule is CCn1ccnc1CN(C)c1ccc(C(=O)N2CCCC(COC)C2)cn1. The average molecular weight is 371 g/mol. The Labute approximate surface area is 161 Å². The number of aryl methyl sites for hydroxylation is 1. The number of carbonyl (C=O) groups is 1. The molecule has 0 spiro atoms. The van der Waals surface area contributed by atoms with Crippen LogP contribution in [0.3, 0.4) is 0 Å². The predicted molar refractivity (Wildman–Crippen MR) is 105 cm³/mol. The highest BCUT2D eigenvalue weighted by Crippen LogP contribution is 2.20. The van der Waals surface area contributed by atoms with Crippen molar-refractivity contribution in [1.29, 1.82) is 0 Å². The molecule has 0 N–H and O–H groups in total. The van der Waals surface area contributed by atoms with Gasteiger partial charge in [-0.25, -0.2) is 9.97 Å². The summed E-state index contributed by atoms with van der Waals surface area (Å²) in [7, 11) is 3.70. The number of hydrogen-bond acceptors (Lipinski definition) is 5. The molecular weight excluding hydrogens is 342 g/mol. The van der Waals surface area contributed by atoms with Gasteiger partial charge in [0.25, 0.3) is 5.91 Å². The Kier molecular flexibility index (Phi) is 6.45. The van der Waals surface area contributed by atoms with E-state index in [1.165, 1.54) is 0 Å². The van der Waals surface area contributed by atoms with Gasteiger partial charge in [0.1, 0.15) is 11.6 Å². The zero-order valence-electron chi connectivity index (χ0n) is 16.5. The molecule has 1 fully saturated rings. The topological polar surface area (TPSA) is 63.5 Å². The van der Waals surface area contributed by atoms with E-state index in [1.807, 2.05) is 41.4 Å². The minimum absolute atomic E-state index is 0.0547. The maximum absolute atomic E-state index is 12.8. The summed E-state index contributed by atoms with van der Waals surface area (Å²) in [5.41, 5.74) is 0.639. The fraction of sp³-hybridized carbons (Fsp3) is 0.550. The van der Waals surface area contributed by atoms with Gasteiger partial charge in [-0.15, -0.1) is 0 Å². The second-order valence-corrected chi connectivity index (χ2v) is 7.11. The van der Waals surface area contributed by atoms with Crippen LogP contribution in [0.25, 0.3) is 0 Å². The maximum atomic E-state index is 12.8. The van der Waals surface area contributed by atoms with Crippen LogP contribution in [0.4, 0.5) is 5.82 Å². The number of imidazole rings is 1. The van der Waals surface area contributed by atoms with Crippen LogP contribution in [0.1, 0.15) is 35.9 Å². The summed E-state index contributed by atoms with van der Waals surface area (Å²) in [6, 6.07) is 3.77. The van der Waals surface area contributed by atoms with Crippen LogP contribution in [-0.4, -0.2) is 59.2 Å². The molecule has 3 rings (SSSR count). The molecule has 27 heavy (non-hydrogen) atoms. The van der Waals surface area contributed by atoms with Crippen molar-refractivity contribution in [2.45, 2.75) is 32.9 Å². The number of hydrogen-bond donors (Lipinski definition) is 0. The number of likely N-dealkylation sites (tertiary alicyclic amines) is 1. The summed E-state index contributed by atoms with van der Waals surface area (Å²) >= 11 is 0. The first-order chi connectivity index (χ1) is 13.1. The van der Waals surface area contributed by atoms with E-state index in [0.29, 0.717) is 24.6 Å². The number of nitrogens with zero attached hydrogens (tertiary/aromatic N) is 5. The molecule has 1 aliphatic heterocycles. The number of piperidine rings is 1. The van der Waals surface area contributed by atoms with Gasteiger partial charge >= 0.3 is 0 Å². The molecule has 7 nitrogen and oxygen atoms in total. The Bertz CT molecular complexity index is 741. The minimum Gasteiger partial charge on any atom is -0.384 e. The lowest BCUT2D eigenvalue weighted by atomic mass is 9.98. The number of pyridine rings is 1. The number of amides is 1. The third-order valence-corrected chi connectivity index (χ3v) is 5.12. The summed E-state index contributed by atoms with van der Waals surface area (Å²) in [5.74, 6) is 2.31. The van der Waals surface area contributed by atoms with Crippen molar-refractivity contribution in [3.8, 4) is 0 Å². The first-order valence-corrected chi connectivity index (χ1v) is 9.57. The summed E-state index contributed by atoms with van der Waals surface area (Å²) in [4.78, 5) is 25.7. The molecule has 1 atom stereocenters. The van der Waals surface area contributed by atoms with Crippen LogP contribution < -0.4 is 4.90 Å². The van der Waals surface area contributed by atoms with Crippen molar-refractivity contribution >= 4 is 11.7 Å². The van der Waals surface area contributed by atoms with Gasteiger partial charge in [-0.05, 0) is 37.8 Å². The highest BCUT2D eigenvalue weighted by atomic mass is 16.5. The quantitative estimate of drug-likeness (QED) is 0.748. The van der Waals surface area contributed by atoms with Gasteiger partial charge in [0, 0.05) is 52.4 Å². The molecule has 0 aliphatic carbocycles. The molecule has 1 saturated heterocycles. The normalized spacial score (nSPS) is 17.1. The number of aromatic nitrogens is 3. The largest absolute Gasteiger partial charge is 0.384 e. The molecular formula is C20H29N5O2. The van der Waals surface area contributed by atoms with Crippen molar-refractivity contribution in [2.75, 3.05) is 38.8 Å². The molecule has 2 aromatic rings. The highest BCUT2D eigenvalue weighted by molar-refractivity contribution is 5.94. The van der Waals surface area contributed by atoms with Crippen LogP contribution in [0.5, 0.6) is 0 Å². The van der Waals surface area contributed by atoms with Crippen molar-refractivity contribution in [1.82, 2.24) is 19.4 Å². The van der Waals surface area contributed by atoms with E-state index in [1.54, 1.807) is 13.3 Å². The van der Waals surface area contributed by atoms with Crippen LogP contribution in [0.2, 0.25) is 0 Å². The van der Waals surface area contributed by atoms with Crippen molar-refractivity contribution in [2.24, 2.45) is 5.92 Å². The summed E-state index contributed by atoms with van der Waals surface area (Å²) in [6.45, 7) is 5.94. The third kappa shape index (κ3) is 4.66. The van der Waals surface area contributed by atoms with Crippen molar-refractivity contribution in [3.05, 3.63) is 42.1 Å². The zero-order valence-corrected chi connectivity index (χ0v) is 16.5. The van der Waals surface area contributed by atoms with E-state index in [-0.39, 0.29) is 5.91 Å². The lowest BCUT2D eigenvalue weighted by molar-refractivity contribution is 0.0570. The lowest BCUT2D eigenvalue weighted by Gasteiger charge is -2.32. The summed E-state index contributed by atoms with van der Waals surface area (Å²) in [5, 5.41) is 0. The smallest absolute Gasteiger partial charge is 0.255 e. The number of methoxy groups -OCH3 is 1. The molecule has 146 valence electrons. The van der Waals surface area contributed by atoms with Crippen LogP contribution >= 0.6 is 0 Å². The van der Waals surface area contributed by atoms with Gasteiger partial charge in [0.05, 0.1) is 18.7 Å². The number of anilines is 1. The van der Waals surface area contributed by atoms with E-state index < -0.39 is 0 Å². The van der Waals surface area contributed by atoms with Gasteiger partial charge in [0.15, 0.2) is 0 Å². The fourth-order valence-electron chi connectivity index (χ4n) is 3.61. The van der Waals surface area contributed by atoms with Gasteiger partial charge in [0.2, 0.25) is 0 Å². The Morgan fingerprint density at radius 3 is 2.93 bits per heavy atom. The van der Waals surface area contributed by atoms with Crippen LogP contribution in [-0.2, 0) is 17.8 Å². The van der Waals surface area contributed by atoms with Crippen LogP contribution in [0.15, 0.2) is 30.7 Å². The molecule has 7 heteroatoms. The molecule has 0 radical (unpaired) electrons. The second-order valence-electron chi connectivity index (χ2n) is 7.11. The number of rotatable bonds is 7. The molecule has 0 saturated carbocycles. The molecule has 2 aromatic heterocycles. The van der Waals surface area contributed by atoms with E-state index in [0.717, 1.165) is 44.1 Å². The Balaban J connectivity index is 1.63. The van der Waals surface area contributed by atoms with Gasteiger partial charge in [-0.2, -0.15) is 0 Å². The lowest BCUT2D eigenvalue weighted by Crippen LogP contribution is -2.41. The molecule has 0 aromatic carbocycles. The Morgan fingerprint density at radius 1 is 1.37 bits per heavy atom. The van der Waals surface area contributed by atoms with E-state index >= 15 is 0 Å². The van der Waals surface area contributed by atoms with Gasteiger partial charge in [-0.3, -0.25) is 4.79 Å². The van der Waals surface area contributed by atoms with Gasteiger partial charge < -0.3 is 19.1 Å². The van der Waals surface area contributed by atoms with E-state index in [9.17, 15) is 4.79 Å².